The molecule has 0 aromatic carbocycles. The predicted molar refractivity (Wildman–Crippen MR) is 72.7 cm³/mol. The smallest absolute Gasteiger partial charge is 0.139 e. The van der Waals surface area contributed by atoms with Crippen LogP contribution < -0.4 is 0 Å². The summed E-state index contributed by atoms with van der Waals surface area (Å²) in [5.74, 6) is 1.00. The van der Waals surface area contributed by atoms with Gasteiger partial charge in [-0.3, -0.25) is 14.4 Å². The maximum absolute atomic E-state index is 12.1. The van der Waals surface area contributed by atoms with Crippen LogP contribution in [-0.4, -0.2) is 17.3 Å². The number of hydrogen-bond donors (Lipinski definition) is 0. The van der Waals surface area contributed by atoms with Crippen LogP contribution in [0.3, 0.4) is 0 Å². The molecule has 2 rings (SSSR count). The Morgan fingerprint density at radius 1 is 1.26 bits per heavy atom. The summed E-state index contributed by atoms with van der Waals surface area (Å²) in [6.07, 6.45) is 5.34. The molecule has 0 N–H and O–H groups in total. The quantitative estimate of drug-likeness (QED) is 0.766. The Kier molecular flexibility index (Phi) is 4.22. The van der Waals surface area contributed by atoms with Crippen molar-refractivity contribution in [3.05, 3.63) is 0 Å². The summed E-state index contributed by atoms with van der Waals surface area (Å²) in [4.78, 5) is 35.8. The molecule has 2 saturated carbocycles. The number of carbonyl (C=O) groups excluding carboxylic acids is 3. The Bertz CT molecular complexity index is 399. The van der Waals surface area contributed by atoms with E-state index in [9.17, 15) is 14.4 Å². The number of rotatable bonds is 5. The van der Waals surface area contributed by atoms with Crippen LogP contribution in [-0.2, 0) is 14.4 Å². The minimum atomic E-state index is -0.285. The highest BCUT2D eigenvalue weighted by Crippen LogP contribution is 2.52. The molecule has 2 aliphatic rings. The maximum atomic E-state index is 12.1. The molecule has 3 heteroatoms. The molecular formula is C16H24O3. The van der Waals surface area contributed by atoms with Gasteiger partial charge in [-0.1, -0.05) is 13.8 Å². The number of Topliss-reactive ketones (excluding diaryl/α,β-unsaturated/α-hetero) is 3. The first kappa shape index (κ1) is 14.4. The van der Waals surface area contributed by atoms with Crippen molar-refractivity contribution in [2.75, 3.05) is 0 Å². The largest absolute Gasteiger partial charge is 0.300 e. The first-order valence-electron chi connectivity index (χ1n) is 7.56. The highest BCUT2D eigenvalue weighted by atomic mass is 16.1. The van der Waals surface area contributed by atoms with Crippen LogP contribution in [0.4, 0.5) is 0 Å². The van der Waals surface area contributed by atoms with Crippen molar-refractivity contribution in [2.24, 2.45) is 17.3 Å². The average molecular weight is 264 g/mol. The van der Waals surface area contributed by atoms with Gasteiger partial charge in [-0.15, -0.1) is 0 Å². The summed E-state index contributed by atoms with van der Waals surface area (Å²) in [5, 5.41) is 0. The van der Waals surface area contributed by atoms with Gasteiger partial charge < -0.3 is 0 Å². The summed E-state index contributed by atoms with van der Waals surface area (Å²) in [6, 6.07) is 0. The molecule has 0 amide bonds. The maximum Gasteiger partial charge on any atom is 0.139 e. The number of ketones is 3. The lowest BCUT2D eigenvalue weighted by Gasteiger charge is -2.39. The van der Waals surface area contributed by atoms with E-state index in [1.165, 1.54) is 0 Å². The summed E-state index contributed by atoms with van der Waals surface area (Å²) < 4.78 is 0. The van der Waals surface area contributed by atoms with Crippen molar-refractivity contribution < 1.29 is 14.4 Å². The molecule has 0 heterocycles. The zero-order valence-electron chi connectivity index (χ0n) is 12.0. The van der Waals surface area contributed by atoms with Gasteiger partial charge in [-0.05, 0) is 31.6 Å². The molecule has 0 saturated heterocycles. The van der Waals surface area contributed by atoms with Gasteiger partial charge >= 0.3 is 0 Å². The van der Waals surface area contributed by atoms with E-state index in [1.54, 1.807) is 0 Å². The van der Waals surface area contributed by atoms with E-state index in [0.29, 0.717) is 37.9 Å². The van der Waals surface area contributed by atoms with Crippen molar-refractivity contribution >= 4 is 17.3 Å². The fraction of sp³-hybridized carbons (Fsp3) is 0.812. The summed E-state index contributed by atoms with van der Waals surface area (Å²) in [7, 11) is 0. The van der Waals surface area contributed by atoms with E-state index in [0.717, 1.165) is 19.3 Å². The predicted octanol–water partition coefficient (Wildman–Crippen LogP) is 3.10. The topological polar surface area (TPSA) is 51.2 Å². The third kappa shape index (κ3) is 2.65. The van der Waals surface area contributed by atoms with E-state index in [1.807, 2.05) is 13.8 Å². The second kappa shape index (κ2) is 5.56. The van der Waals surface area contributed by atoms with Gasteiger partial charge in [0.1, 0.15) is 17.3 Å². The SMILES string of the molecule is CCCC(=O)CCC1C(=O)CC[C@]2(C)C(=O)CC[C@@H]12. The van der Waals surface area contributed by atoms with Crippen molar-refractivity contribution in [1.29, 1.82) is 0 Å². The van der Waals surface area contributed by atoms with Gasteiger partial charge in [0, 0.05) is 37.0 Å². The zero-order valence-corrected chi connectivity index (χ0v) is 12.0. The number of fused-ring (bicyclic) bond motifs is 1. The van der Waals surface area contributed by atoms with Crippen molar-refractivity contribution in [3.8, 4) is 0 Å². The monoisotopic (exact) mass is 264 g/mol. The lowest BCUT2D eigenvalue weighted by atomic mass is 9.62. The van der Waals surface area contributed by atoms with Crippen LogP contribution in [0.2, 0.25) is 0 Å². The molecule has 1 unspecified atom stereocenters. The lowest BCUT2D eigenvalue weighted by Crippen LogP contribution is -2.42. The molecule has 0 aromatic rings. The van der Waals surface area contributed by atoms with Crippen molar-refractivity contribution in [2.45, 2.75) is 65.2 Å². The lowest BCUT2D eigenvalue weighted by molar-refractivity contribution is -0.137. The molecule has 0 aromatic heterocycles. The van der Waals surface area contributed by atoms with Crippen LogP contribution in [0.1, 0.15) is 65.2 Å². The minimum Gasteiger partial charge on any atom is -0.300 e. The Hall–Kier alpha value is -0.990. The third-order valence-electron chi connectivity index (χ3n) is 5.19. The minimum absolute atomic E-state index is 0.0500. The van der Waals surface area contributed by atoms with E-state index >= 15 is 0 Å². The molecule has 3 atom stereocenters. The highest BCUT2D eigenvalue weighted by Gasteiger charge is 2.53. The van der Waals surface area contributed by atoms with Crippen LogP contribution in [0.15, 0.2) is 0 Å². The molecule has 2 aliphatic carbocycles. The molecule has 106 valence electrons. The Morgan fingerprint density at radius 3 is 2.68 bits per heavy atom. The molecule has 2 fully saturated rings. The van der Waals surface area contributed by atoms with Gasteiger partial charge in [-0.25, -0.2) is 0 Å². The molecule has 19 heavy (non-hydrogen) atoms. The van der Waals surface area contributed by atoms with Crippen LogP contribution in [0.5, 0.6) is 0 Å². The summed E-state index contributed by atoms with van der Waals surface area (Å²) in [6.45, 7) is 4.02. The molecule has 0 bridgehead atoms. The second-order valence-corrected chi connectivity index (χ2v) is 6.39. The molecule has 0 radical (unpaired) electrons. The summed E-state index contributed by atoms with van der Waals surface area (Å²) in [5.41, 5.74) is -0.285. The number of carbonyl (C=O) groups is 3. The van der Waals surface area contributed by atoms with E-state index in [4.69, 9.17) is 0 Å². The van der Waals surface area contributed by atoms with E-state index in [2.05, 4.69) is 0 Å². The van der Waals surface area contributed by atoms with Crippen molar-refractivity contribution in [3.63, 3.8) is 0 Å². The second-order valence-electron chi connectivity index (χ2n) is 6.39. The number of hydrogen-bond acceptors (Lipinski definition) is 3. The first-order chi connectivity index (χ1) is 8.99. The standard InChI is InChI=1S/C16H24O3/c1-3-4-11(17)5-6-12-13-7-8-15(19)16(13,2)10-9-14(12)18/h12-13H,3-10H2,1-2H3/t12?,13-,16-/m0/s1. The zero-order chi connectivity index (χ0) is 14.0. The molecule has 0 aliphatic heterocycles. The van der Waals surface area contributed by atoms with Crippen LogP contribution in [0, 0.1) is 17.3 Å². The molecular weight excluding hydrogens is 240 g/mol. The summed E-state index contributed by atoms with van der Waals surface area (Å²) >= 11 is 0. The normalized spacial score (nSPS) is 34.4. The Balaban J connectivity index is 2.04. The van der Waals surface area contributed by atoms with Crippen LogP contribution in [0.25, 0.3) is 0 Å². The third-order valence-corrected chi connectivity index (χ3v) is 5.19. The van der Waals surface area contributed by atoms with Gasteiger partial charge in [0.25, 0.3) is 0 Å². The van der Waals surface area contributed by atoms with Gasteiger partial charge in [0.15, 0.2) is 0 Å². The molecule has 0 spiro atoms. The van der Waals surface area contributed by atoms with Gasteiger partial charge in [0.2, 0.25) is 0 Å². The average Bonchev–Trinajstić information content (AvgIpc) is 2.66. The Labute approximate surface area is 115 Å². The fourth-order valence-corrected chi connectivity index (χ4v) is 3.94. The highest BCUT2D eigenvalue weighted by molar-refractivity contribution is 5.92. The molecule has 3 nitrogen and oxygen atoms in total. The van der Waals surface area contributed by atoms with Crippen LogP contribution >= 0.6 is 0 Å². The van der Waals surface area contributed by atoms with E-state index in [-0.39, 0.29) is 28.8 Å². The first-order valence-corrected chi connectivity index (χ1v) is 7.56. The Morgan fingerprint density at radius 2 is 2.00 bits per heavy atom. The fourth-order valence-electron chi connectivity index (χ4n) is 3.94. The van der Waals surface area contributed by atoms with Crippen molar-refractivity contribution in [1.82, 2.24) is 0 Å². The van der Waals surface area contributed by atoms with Gasteiger partial charge in [0.05, 0.1) is 0 Å². The van der Waals surface area contributed by atoms with Gasteiger partial charge in [-0.2, -0.15) is 0 Å². The van der Waals surface area contributed by atoms with E-state index < -0.39 is 0 Å².